The van der Waals surface area contributed by atoms with Gasteiger partial charge in [-0.15, -0.1) is 0 Å². The third-order valence-corrected chi connectivity index (χ3v) is 4.89. The smallest absolute Gasteiger partial charge is 0.229 e. The lowest BCUT2D eigenvalue weighted by Gasteiger charge is -2.34. The molecule has 1 aliphatic rings. The van der Waals surface area contributed by atoms with Gasteiger partial charge in [-0.05, 0) is 5.56 Å². The van der Waals surface area contributed by atoms with Crippen molar-refractivity contribution in [1.29, 1.82) is 0 Å². The summed E-state index contributed by atoms with van der Waals surface area (Å²) in [5.41, 5.74) is 2.14. The van der Waals surface area contributed by atoms with Gasteiger partial charge in [0.25, 0.3) is 0 Å². The zero-order chi connectivity index (χ0) is 18.6. The molecule has 2 aromatic heterocycles. The van der Waals surface area contributed by atoms with E-state index in [1.165, 1.54) is 5.56 Å². The van der Waals surface area contributed by atoms with Crippen molar-refractivity contribution in [2.45, 2.75) is 6.54 Å². The second kappa shape index (κ2) is 7.89. The van der Waals surface area contributed by atoms with Crippen LogP contribution in [0.4, 0.5) is 11.8 Å². The second-order valence-electron chi connectivity index (χ2n) is 6.78. The van der Waals surface area contributed by atoms with Gasteiger partial charge in [0.15, 0.2) is 5.65 Å². The molecule has 0 saturated carbocycles. The van der Waals surface area contributed by atoms with Gasteiger partial charge in [-0.25, -0.2) is 0 Å². The number of nitrogens with one attached hydrogen (secondary N) is 1. The zero-order valence-electron chi connectivity index (χ0n) is 15.5. The van der Waals surface area contributed by atoms with Gasteiger partial charge in [-0.1, -0.05) is 30.3 Å². The van der Waals surface area contributed by atoms with Crippen LogP contribution in [0.5, 0.6) is 0 Å². The predicted octanol–water partition coefficient (Wildman–Crippen LogP) is 1.09. The van der Waals surface area contributed by atoms with Crippen LogP contribution in [0, 0.1) is 0 Å². The van der Waals surface area contributed by atoms with Gasteiger partial charge in [0.1, 0.15) is 5.82 Å². The molecule has 1 fully saturated rings. The van der Waals surface area contributed by atoms with Gasteiger partial charge in [0.05, 0.1) is 18.2 Å². The van der Waals surface area contributed by atoms with Gasteiger partial charge in [-0.2, -0.15) is 15.1 Å². The Bertz CT molecular complexity index is 888. The molecule has 2 N–H and O–H groups in total. The molecule has 0 amide bonds. The van der Waals surface area contributed by atoms with Crippen molar-refractivity contribution in [3.63, 3.8) is 0 Å². The topological polar surface area (TPSA) is 82.3 Å². The second-order valence-corrected chi connectivity index (χ2v) is 6.78. The van der Waals surface area contributed by atoms with Crippen LogP contribution >= 0.6 is 0 Å². The number of fused-ring (bicyclic) bond motifs is 1. The number of anilines is 2. The Morgan fingerprint density at radius 3 is 2.59 bits per heavy atom. The van der Waals surface area contributed by atoms with E-state index in [1.807, 2.05) is 7.05 Å². The Hall–Kier alpha value is -2.71. The first-order chi connectivity index (χ1) is 13.2. The van der Waals surface area contributed by atoms with Crippen LogP contribution in [0.15, 0.2) is 36.5 Å². The van der Waals surface area contributed by atoms with Gasteiger partial charge < -0.3 is 15.3 Å². The average molecular weight is 367 g/mol. The number of piperazine rings is 1. The summed E-state index contributed by atoms with van der Waals surface area (Å²) in [6.45, 7) is 5.19. The van der Waals surface area contributed by atoms with E-state index >= 15 is 0 Å². The number of hydrogen-bond donors (Lipinski definition) is 2. The van der Waals surface area contributed by atoms with Crippen molar-refractivity contribution < 1.29 is 5.11 Å². The highest BCUT2D eigenvalue weighted by molar-refractivity contribution is 5.87. The summed E-state index contributed by atoms with van der Waals surface area (Å²) < 4.78 is 1.76. The number of benzene rings is 1. The highest BCUT2D eigenvalue weighted by atomic mass is 16.3. The normalized spacial score (nSPS) is 15.4. The van der Waals surface area contributed by atoms with E-state index in [2.05, 4.69) is 50.5 Å². The zero-order valence-corrected chi connectivity index (χ0v) is 15.5. The maximum atomic E-state index is 9.13. The molecule has 8 heteroatoms. The minimum absolute atomic E-state index is 0.0548. The van der Waals surface area contributed by atoms with E-state index in [1.54, 1.807) is 10.9 Å². The molecular formula is C19H25N7O. The first-order valence-corrected chi connectivity index (χ1v) is 9.30. The molecule has 1 aromatic carbocycles. The highest BCUT2D eigenvalue weighted by Gasteiger charge is 2.21. The quantitative estimate of drug-likeness (QED) is 0.675. The van der Waals surface area contributed by atoms with Gasteiger partial charge in [0, 0.05) is 46.3 Å². The standard InChI is InChI=1S/C19H25N7O/c1-24-18-16(13-21-24)17(20-7-12-27)22-19(23-18)26-10-8-25(9-11-26)14-15-5-3-2-4-6-15/h2-6,13,27H,7-12,14H2,1H3,(H,20,22,23). The molecule has 3 aromatic rings. The van der Waals surface area contributed by atoms with Crippen molar-refractivity contribution in [2.24, 2.45) is 7.05 Å². The Balaban J connectivity index is 1.49. The lowest BCUT2D eigenvalue weighted by atomic mass is 10.2. The molecule has 0 aliphatic carbocycles. The maximum absolute atomic E-state index is 9.13. The largest absolute Gasteiger partial charge is 0.395 e. The Morgan fingerprint density at radius 2 is 1.85 bits per heavy atom. The van der Waals surface area contributed by atoms with Crippen LogP contribution < -0.4 is 10.2 Å². The van der Waals surface area contributed by atoms with Crippen LogP contribution in [-0.2, 0) is 13.6 Å². The number of aryl methyl sites for hydroxylation is 1. The van der Waals surface area contributed by atoms with E-state index in [9.17, 15) is 0 Å². The third-order valence-electron chi connectivity index (χ3n) is 4.89. The van der Waals surface area contributed by atoms with E-state index in [0.717, 1.165) is 49.6 Å². The fourth-order valence-electron chi connectivity index (χ4n) is 3.41. The van der Waals surface area contributed by atoms with Crippen molar-refractivity contribution in [3.8, 4) is 0 Å². The van der Waals surface area contributed by atoms with Gasteiger partial charge in [-0.3, -0.25) is 9.58 Å². The number of aliphatic hydroxyl groups is 1. The molecule has 1 aliphatic heterocycles. The maximum Gasteiger partial charge on any atom is 0.229 e. The number of nitrogens with zero attached hydrogens (tertiary/aromatic N) is 6. The van der Waals surface area contributed by atoms with Gasteiger partial charge in [0.2, 0.25) is 5.95 Å². The number of hydrogen-bond acceptors (Lipinski definition) is 7. The van der Waals surface area contributed by atoms with Crippen LogP contribution in [-0.4, -0.2) is 69.1 Å². The molecule has 27 heavy (non-hydrogen) atoms. The predicted molar refractivity (Wildman–Crippen MR) is 106 cm³/mol. The molecule has 142 valence electrons. The van der Waals surface area contributed by atoms with Crippen LogP contribution in [0.25, 0.3) is 11.0 Å². The Morgan fingerprint density at radius 1 is 1.07 bits per heavy atom. The molecule has 3 heterocycles. The first-order valence-electron chi connectivity index (χ1n) is 9.30. The molecule has 0 radical (unpaired) electrons. The number of aliphatic hydroxyl groups excluding tert-OH is 1. The summed E-state index contributed by atoms with van der Waals surface area (Å²) in [4.78, 5) is 14.1. The molecule has 0 spiro atoms. The van der Waals surface area contributed by atoms with Crippen LogP contribution in [0.1, 0.15) is 5.56 Å². The van der Waals surface area contributed by atoms with E-state index in [-0.39, 0.29) is 6.61 Å². The summed E-state index contributed by atoms with van der Waals surface area (Å²) in [7, 11) is 1.88. The fourth-order valence-corrected chi connectivity index (χ4v) is 3.41. The molecule has 0 atom stereocenters. The summed E-state index contributed by atoms with van der Waals surface area (Å²) >= 11 is 0. The summed E-state index contributed by atoms with van der Waals surface area (Å²) in [6.07, 6.45) is 1.76. The Labute approximate surface area is 158 Å². The number of aromatic nitrogens is 4. The lowest BCUT2D eigenvalue weighted by molar-refractivity contribution is 0.249. The summed E-state index contributed by atoms with van der Waals surface area (Å²) in [6, 6.07) is 10.6. The lowest BCUT2D eigenvalue weighted by Crippen LogP contribution is -2.46. The number of rotatable bonds is 6. The van der Waals surface area contributed by atoms with Crippen molar-refractivity contribution in [3.05, 3.63) is 42.1 Å². The molecule has 4 rings (SSSR count). The minimum atomic E-state index is 0.0548. The summed E-state index contributed by atoms with van der Waals surface area (Å²) in [5.74, 6) is 1.44. The van der Waals surface area contributed by atoms with Crippen molar-refractivity contribution in [2.75, 3.05) is 49.5 Å². The van der Waals surface area contributed by atoms with Crippen LogP contribution in [0.2, 0.25) is 0 Å². The monoisotopic (exact) mass is 367 g/mol. The first kappa shape index (κ1) is 17.7. The molecule has 8 nitrogen and oxygen atoms in total. The van der Waals surface area contributed by atoms with E-state index < -0.39 is 0 Å². The Kier molecular flexibility index (Phi) is 5.17. The van der Waals surface area contributed by atoms with E-state index in [4.69, 9.17) is 15.1 Å². The van der Waals surface area contributed by atoms with E-state index in [0.29, 0.717) is 12.5 Å². The summed E-state index contributed by atoms with van der Waals surface area (Å²) in [5, 5.41) is 17.5. The van der Waals surface area contributed by atoms with Crippen molar-refractivity contribution in [1.82, 2.24) is 24.6 Å². The fraction of sp³-hybridized carbons (Fsp3) is 0.421. The molecule has 0 bridgehead atoms. The molecule has 0 unspecified atom stereocenters. The highest BCUT2D eigenvalue weighted by Crippen LogP contribution is 2.23. The molecular weight excluding hydrogens is 342 g/mol. The minimum Gasteiger partial charge on any atom is -0.395 e. The SMILES string of the molecule is Cn1ncc2c(NCCO)nc(N3CCN(Cc4ccccc4)CC3)nc21. The van der Waals surface area contributed by atoms with Gasteiger partial charge >= 0.3 is 0 Å². The third kappa shape index (κ3) is 3.86. The average Bonchev–Trinajstić information content (AvgIpc) is 3.08. The van der Waals surface area contributed by atoms with Crippen molar-refractivity contribution >= 4 is 22.8 Å². The molecule has 1 saturated heterocycles. The van der Waals surface area contributed by atoms with Crippen LogP contribution in [0.3, 0.4) is 0 Å².